The van der Waals surface area contributed by atoms with E-state index >= 15 is 0 Å². The minimum Gasteiger partial charge on any atom is -0.366 e. The molecule has 0 fully saturated rings. The zero-order valence-corrected chi connectivity index (χ0v) is 7.47. The molecule has 0 aliphatic rings. The minimum absolute atomic E-state index is 0.184. The van der Waals surface area contributed by atoms with Gasteiger partial charge in [0.05, 0.1) is 18.1 Å². The maximum Gasteiger partial charge on any atom is 0.250 e. The van der Waals surface area contributed by atoms with E-state index in [-0.39, 0.29) is 6.42 Å². The number of primary amides is 1. The van der Waals surface area contributed by atoms with Crippen molar-refractivity contribution in [2.45, 2.75) is 12.5 Å². The maximum atomic E-state index is 10.8. The summed E-state index contributed by atoms with van der Waals surface area (Å²) in [5, 5.41) is 8.43. The summed E-state index contributed by atoms with van der Waals surface area (Å²) in [5.41, 5.74) is 11.7. The molecule has 0 aliphatic heterocycles. The fraction of sp³-hybridized carbons (Fsp3) is 0.222. The summed E-state index contributed by atoms with van der Waals surface area (Å²) < 4.78 is 0. The second-order valence-electron chi connectivity index (χ2n) is 2.84. The van der Waals surface area contributed by atoms with Crippen LogP contribution in [0.3, 0.4) is 0 Å². The van der Waals surface area contributed by atoms with Gasteiger partial charge in [-0.25, -0.2) is 0 Å². The van der Waals surface area contributed by atoms with E-state index in [1.54, 1.807) is 6.07 Å². The van der Waals surface area contributed by atoms with Crippen molar-refractivity contribution < 1.29 is 4.79 Å². The first-order chi connectivity index (χ1) is 6.65. The van der Waals surface area contributed by atoms with Crippen molar-refractivity contribution in [3.8, 4) is 6.07 Å². The molecule has 1 atom stereocenters. The molecule has 0 aromatic carbocycles. The first-order valence-electron chi connectivity index (χ1n) is 4.02. The fourth-order valence-corrected chi connectivity index (χ4v) is 1.01. The number of pyridine rings is 1. The van der Waals surface area contributed by atoms with E-state index in [1.165, 1.54) is 12.4 Å². The molecule has 1 aromatic rings. The van der Waals surface area contributed by atoms with Gasteiger partial charge in [-0.3, -0.25) is 9.78 Å². The van der Waals surface area contributed by atoms with Crippen molar-refractivity contribution in [3.05, 3.63) is 29.6 Å². The molecule has 0 aliphatic carbocycles. The molecule has 0 radical (unpaired) electrons. The third-order valence-corrected chi connectivity index (χ3v) is 1.78. The predicted octanol–water partition coefficient (Wildman–Crippen LogP) is 0.0940. The van der Waals surface area contributed by atoms with Crippen molar-refractivity contribution in [2.24, 2.45) is 11.5 Å². The highest BCUT2D eigenvalue weighted by molar-refractivity contribution is 5.92. The Morgan fingerprint density at radius 3 is 2.93 bits per heavy atom. The summed E-state index contributed by atoms with van der Waals surface area (Å²) in [5.74, 6) is -0.552. The second-order valence-corrected chi connectivity index (χ2v) is 2.84. The van der Waals surface area contributed by atoms with Crippen molar-refractivity contribution >= 4 is 5.91 Å². The van der Waals surface area contributed by atoms with Gasteiger partial charge >= 0.3 is 0 Å². The van der Waals surface area contributed by atoms with Crippen LogP contribution >= 0.6 is 0 Å². The van der Waals surface area contributed by atoms with Crippen molar-refractivity contribution in [1.82, 2.24) is 4.98 Å². The van der Waals surface area contributed by atoms with Crippen LogP contribution in [0.25, 0.3) is 0 Å². The maximum absolute atomic E-state index is 10.8. The monoisotopic (exact) mass is 190 g/mol. The SMILES string of the molecule is N#CC[C@H](N)c1cncc(C(N)=O)c1. The summed E-state index contributed by atoms with van der Waals surface area (Å²) in [6, 6.07) is 3.07. The van der Waals surface area contributed by atoms with Crippen LogP contribution < -0.4 is 11.5 Å². The van der Waals surface area contributed by atoms with E-state index in [4.69, 9.17) is 16.7 Å². The van der Waals surface area contributed by atoms with Gasteiger partial charge in [0.1, 0.15) is 0 Å². The Labute approximate surface area is 81.3 Å². The number of nitrogens with two attached hydrogens (primary N) is 2. The lowest BCUT2D eigenvalue weighted by Crippen LogP contribution is -2.14. The minimum atomic E-state index is -0.552. The lowest BCUT2D eigenvalue weighted by atomic mass is 10.1. The van der Waals surface area contributed by atoms with E-state index in [2.05, 4.69) is 4.98 Å². The van der Waals surface area contributed by atoms with Crippen LogP contribution in [0, 0.1) is 11.3 Å². The Hall–Kier alpha value is -1.93. The van der Waals surface area contributed by atoms with Gasteiger partial charge in [-0.15, -0.1) is 0 Å². The van der Waals surface area contributed by atoms with Gasteiger partial charge in [0.2, 0.25) is 5.91 Å². The Bertz CT molecular complexity index is 383. The number of rotatable bonds is 3. The summed E-state index contributed by atoms with van der Waals surface area (Å²) in [4.78, 5) is 14.6. The third-order valence-electron chi connectivity index (χ3n) is 1.78. The van der Waals surface area contributed by atoms with Gasteiger partial charge in [-0.2, -0.15) is 5.26 Å². The topological polar surface area (TPSA) is 106 Å². The van der Waals surface area contributed by atoms with Gasteiger partial charge in [-0.05, 0) is 11.6 Å². The van der Waals surface area contributed by atoms with Crippen LogP contribution in [0.1, 0.15) is 28.4 Å². The van der Waals surface area contributed by atoms with E-state index < -0.39 is 11.9 Å². The Morgan fingerprint density at radius 2 is 2.36 bits per heavy atom. The van der Waals surface area contributed by atoms with Gasteiger partial charge in [0.15, 0.2) is 0 Å². The van der Waals surface area contributed by atoms with Gasteiger partial charge in [0, 0.05) is 18.4 Å². The van der Waals surface area contributed by atoms with Gasteiger partial charge < -0.3 is 11.5 Å². The normalized spacial score (nSPS) is 11.7. The summed E-state index contributed by atoms with van der Waals surface area (Å²) in [6.07, 6.45) is 3.07. The van der Waals surface area contributed by atoms with E-state index in [0.717, 1.165) is 0 Å². The summed E-state index contributed by atoms with van der Waals surface area (Å²) in [7, 11) is 0. The van der Waals surface area contributed by atoms with Gasteiger partial charge in [-0.1, -0.05) is 0 Å². The average Bonchev–Trinajstić information content (AvgIpc) is 2.18. The Morgan fingerprint density at radius 1 is 1.64 bits per heavy atom. The number of hydrogen-bond acceptors (Lipinski definition) is 4. The first-order valence-corrected chi connectivity index (χ1v) is 4.02. The first kappa shape index (κ1) is 10.2. The van der Waals surface area contributed by atoms with E-state index in [1.807, 2.05) is 6.07 Å². The lowest BCUT2D eigenvalue weighted by Gasteiger charge is -2.07. The smallest absolute Gasteiger partial charge is 0.250 e. The number of aromatic nitrogens is 1. The van der Waals surface area contributed by atoms with E-state index in [9.17, 15) is 4.79 Å². The van der Waals surface area contributed by atoms with Crippen LogP contribution in [0.5, 0.6) is 0 Å². The molecule has 1 rings (SSSR count). The van der Waals surface area contributed by atoms with Crippen LogP contribution in [0.4, 0.5) is 0 Å². The number of amides is 1. The molecule has 1 aromatic heterocycles. The molecule has 1 heterocycles. The highest BCUT2D eigenvalue weighted by Crippen LogP contribution is 2.13. The molecule has 14 heavy (non-hydrogen) atoms. The van der Waals surface area contributed by atoms with Crippen LogP contribution in [0.15, 0.2) is 18.5 Å². The summed E-state index contributed by atoms with van der Waals surface area (Å²) >= 11 is 0. The number of carbonyl (C=O) groups excluding carboxylic acids is 1. The zero-order chi connectivity index (χ0) is 10.6. The molecule has 5 nitrogen and oxygen atoms in total. The largest absolute Gasteiger partial charge is 0.366 e. The standard InChI is InChI=1S/C9H10N4O/c10-2-1-8(11)6-3-7(9(12)14)5-13-4-6/h3-5,8H,1,11H2,(H2,12,14)/t8-/m0/s1. The molecule has 0 unspecified atom stereocenters. The van der Waals surface area contributed by atoms with Crippen LogP contribution in [-0.2, 0) is 0 Å². The number of nitriles is 1. The summed E-state index contributed by atoms with van der Waals surface area (Å²) in [6.45, 7) is 0. The van der Waals surface area contributed by atoms with Crippen molar-refractivity contribution in [3.63, 3.8) is 0 Å². The molecule has 0 spiro atoms. The average molecular weight is 190 g/mol. The van der Waals surface area contributed by atoms with Crippen LogP contribution in [-0.4, -0.2) is 10.9 Å². The highest BCUT2D eigenvalue weighted by atomic mass is 16.1. The van der Waals surface area contributed by atoms with Crippen molar-refractivity contribution in [1.29, 1.82) is 5.26 Å². The number of nitrogens with zero attached hydrogens (tertiary/aromatic N) is 2. The third kappa shape index (κ3) is 2.28. The molecule has 0 saturated heterocycles. The molecule has 1 amide bonds. The number of hydrogen-bond donors (Lipinski definition) is 2. The Kier molecular flexibility index (Phi) is 3.15. The molecular formula is C9H10N4O. The lowest BCUT2D eigenvalue weighted by molar-refractivity contribution is 0.1000. The van der Waals surface area contributed by atoms with E-state index in [0.29, 0.717) is 11.1 Å². The van der Waals surface area contributed by atoms with Gasteiger partial charge in [0.25, 0.3) is 0 Å². The quantitative estimate of drug-likeness (QED) is 0.704. The molecular weight excluding hydrogens is 180 g/mol. The van der Waals surface area contributed by atoms with Crippen molar-refractivity contribution in [2.75, 3.05) is 0 Å². The molecule has 4 N–H and O–H groups in total. The number of carbonyl (C=O) groups is 1. The molecule has 72 valence electrons. The molecule has 0 saturated carbocycles. The molecule has 0 bridgehead atoms. The predicted molar refractivity (Wildman–Crippen MR) is 49.9 cm³/mol. The van der Waals surface area contributed by atoms with Crippen LogP contribution in [0.2, 0.25) is 0 Å². The fourth-order valence-electron chi connectivity index (χ4n) is 1.01. The zero-order valence-electron chi connectivity index (χ0n) is 7.47. The second kappa shape index (κ2) is 4.35. The Balaban J connectivity index is 2.94. The molecule has 5 heteroatoms. The highest BCUT2D eigenvalue weighted by Gasteiger charge is 2.08.